The van der Waals surface area contributed by atoms with Crippen LogP contribution in [0, 0.1) is 12.8 Å². The molecule has 0 spiro atoms. The standard InChI is InChI=1S/C13H20N2/c1-3-4-10-8-13(10)15-12-6-5-9(2)7-11(12)14/h5-7,10,13,15H,3-4,8,14H2,1-2H3. The fourth-order valence-electron chi connectivity index (χ4n) is 2.13. The second-order valence-electron chi connectivity index (χ2n) is 4.63. The highest BCUT2D eigenvalue weighted by atomic mass is 15.0. The minimum atomic E-state index is 0.662. The number of nitrogens with two attached hydrogens (primary N) is 1. The number of hydrogen-bond donors (Lipinski definition) is 2. The van der Waals surface area contributed by atoms with E-state index in [9.17, 15) is 0 Å². The molecule has 2 heteroatoms. The lowest BCUT2D eigenvalue weighted by atomic mass is 10.2. The molecule has 3 N–H and O–H groups in total. The highest BCUT2D eigenvalue weighted by Crippen LogP contribution is 2.38. The van der Waals surface area contributed by atoms with Crippen molar-refractivity contribution in [2.75, 3.05) is 11.1 Å². The zero-order valence-corrected chi connectivity index (χ0v) is 9.59. The Kier molecular flexibility index (Phi) is 2.85. The van der Waals surface area contributed by atoms with Crippen LogP contribution in [0.4, 0.5) is 11.4 Å². The van der Waals surface area contributed by atoms with Crippen LogP contribution in [-0.2, 0) is 0 Å². The van der Waals surface area contributed by atoms with Gasteiger partial charge < -0.3 is 11.1 Å². The SMILES string of the molecule is CCCC1CC1Nc1ccc(C)cc1N. The van der Waals surface area contributed by atoms with Gasteiger partial charge in [-0.25, -0.2) is 0 Å². The van der Waals surface area contributed by atoms with Crippen LogP contribution < -0.4 is 11.1 Å². The number of anilines is 2. The molecule has 0 aliphatic heterocycles. The van der Waals surface area contributed by atoms with Crippen molar-refractivity contribution >= 4 is 11.4 Å². The predicted molar refractivity (Wildman–Crippen MR) is 66.0 cm³/mol. The summed E-state index contributed by atoms with van der Waals surface area (Å²) < 4.78 is 0. The van der Waals surface area contributed by atoms with Gasteiger partial charge in [0.25, 0.3) is 0 Å². The van der Waals surface area contributed by atoms with Gasteiger partial charge >= 0.3 is 0 Å². The third-order valence-electron chi connectivity index (χ3n) is 3.13. The summed E-state index contributed by atoms with van der Waals surface area (Å²) in [5.74, 6) is 0.871. The van der Waals surface area contributed by atoms with E-state index < -0.39 is 0 Å². The largest absolute Gasteiger partial charge is 0.397 e. The van der Waals surface area contributed by atoms with Crippen molar-refractivity contribution in [1.82, 2.24) is 0 Å². The molecule has 1 aliphatic carbocycles. The summed E-state index contributed by atoms with van der Waals surface area (Å²) >= 11 is 0. The molecule has 1 aliphatic rings. The van der Waals surface area contributed by atoms with Gasteiger partial charge in [-0.1, -0.05) is 19.4 Å². The molecule has 2 atom stereocenters. The molecule has 0 radical (unpaired) electrons. The van der Waals surface area contributed by atoms with Crippen LogP contribution in [0.15, 0.2) is 18.2 Å². The second-order valence-corrected chi connectivity index (χ2v) is 4.63. The molecule has 2 nitrogen and oxygen atoms in total. The van der Waals surface area contributed by atoms with Crippen molar-refractivity contribution in [2.24, 2.45) is 5.92 Å². The van der Waals surface area contributed by atoms with Gasteiger partial charge in [0.1, 0.15) is 0 Å². The summed E-state index contributed by atoms with van der Waals surface area (Å²) in [7, 11) is 0. The average molecular weight is 204 g/mol. The second kappa shape index (κ2) is 4.13. The zero-order chi connectivity index (χ0) is 10.8. The summed E-state index contributed by atoms with van der Waals surface area (Å²) in [5.41, 5.74) is 9.15. The van der Waals surface area contributed by atoms with Crippen molar-refractivity contribution in [3.8, 4) is 0 Å². The Morgan fingerprint density at radius 2 is 2.27 bits per heavy atom. The van der Waals surface area contributed by atoms with E-state index in [-0.39, 0.29) is 0 Å². The van der Waals surface area contributed by atoms with Crippen molar-refractivity contribution < 1.29 is 0 Å². The van der Waals surface area contributed by atoms with Gasteiger partial charge in [-0.3, -0.25) is 0 Å². The van der Waals surface area contributed by atoms with Crippen LogP contribution in [0.5, 0.6) is 0 Å². The monoisotopic (exact) mass is 204 g/mol. The van der Waals surface area contributed by atoms with Crippen LogP contribution in [0.25, 0.3) is 0 Å². The molecule has 82 valence electrons. The van der Waals surface area contributed by atoms with Crippen LogP contribution in [-0.4, -0.2) is 6.04 Å². The lowest BCUT2D eigenvalue weighted by Crippen LogP contribution is -2.06. The molecule has 0 bridgehead atoms. The maximum absolute atomic E-state index is 5.95. The minimum absolute atomic E-state index is 0.662. The van der Waals surface area contributed by atoms with E-state index in [4.69, 9.17) is 5.73 Å². The molecule has 15 heavy (non-hydrogen) atoms. The third kappa shape index (κ3) is 2.44. The van der Waals surface area contributed by atoms with Gasteiger partial charge in [-0.2, -0.15) is 0 Å². The van der Waals surface area contributed by atoms with Crippen molar-refractivity contribution in [1.29, 1.82) is 0 Å². The van der Waals surface area contributed by atoms with E-state index in [1.54, 1.807) is 0 Å². The molecule has 2 unspecified atom stereocenters. The van der Waals surface area contributed by atoms with Crippen molar-refractivity contribution in [2.45, 2.75) is 39.2 Å². The number of hydrogen-bond acceptors (Lipinski definition) is 2. The Hall–Kier alpha value is -1.18. The van der Waals surface area contributed by atoms with Gasteiger partial charge in [0, 0.05) is 6.04 Å². The van der Waals surface area contributed by atoms with Crippen LogP contribution >= 0.6 is 0 Å². The molecular formula is C13H20N2. The van der Waals surface area contributed by atoms with E-state index in [0.29, 0.717) is 6.04 Å². The van der Waals surface area contributed by atoms with Gasteiger partial charge in [-0.15, -0.1) is 0 Å². The molecule has 0 heterocycles. The normalized spacial score (nSPS) is 23.9. The van der Waals surface area contributed by atoms with E-state index in [1.165, 1.54) is 24.8 Å². The van der Waals surface area contributed by atoms with Gasteiger partial charge in [0.05, 0.1) is 11.4 Å². The summed E-state index contributed by atoms with van der Waals surface area (Å²) in [6, 6.07) is 6.89. The summed E-state index contributed by atoms with van der Waals surface area (Å²) in [5, 5.41) is 3.52. The van der Waals surface area contributed by atoms with E-state index in [2.05, 4.69) is 31.3 Å². The van der Waals surface area contributed by atoms with Crippen molar-refractivity contribution in [3.05, 3.63) is 23.8 Å². The molecule has 1 saturated carbocycles. The highest BCUT2D eigenvalue weighted by Gasteiger charge is 2.35. The Labute approximate surface area is 91.9 Å². The number of benzene rings is 1. The Morgan fingerprint density at radius 1 is 1.47 bits per heavy atom. The maximum atomic E-state index is 5.95. The number of nitrogen functional groups attached to an aromatic ring is 1. The van der Waals surface area contributed by atoms with E-state index in [0.717, 1.165) is 17.3 Å². The Morgan fingerprint density at radius 3 is 2.93 bits per heavy atom. The smallest absolute Gasteiger partial charge is 0.0576 e. The van der Waals surface area contributed by atoms with Crippen LogP contribution in [0.3, 0.4) is 0 Å². The molecule has 0 amide bonds. The molecule has 1 aromatic rings. The van der Waals surface area contributed by atoms with Crippen molar-refractivity contribution in [3.63, 3.8) is 0 Å². The first-order chi connectivity index (χ1) is 7.20. The molecule has 0 aromatic heterocycles. The maximum Gasteiger partial charge on any atom is 0.0576 e. The summed E-state index contributed by atoms with van der Waals surface area (Å²) in [4.78, 5) is 0. The first-order valence-corrected chi connectivity index (χ1v) is 5.83. The zero-order valence-electron chi connectivity index (χ0n) is 9.59. The molecule has 0 saturated heterocycles. The fraction of sp³-hybridized carbons (Fsp3) is 0.538. The fourth-order valence-corrected chi connectivity index (χ4v) is 2.13. The predicted octanol–water partition coefficient (Wildman–Crippen LogP) is 3.18. The molecule has 1 fully saturated rings. The Bertz CT molecular complexity index is 346. The van der Waals surface area contributed by atoms with Crippen LogP contribution in [0.2, 0.25) is 0 Å². The number of aryl methyl sites for hydroxylation is 1. The number of nitrogens with one attached hydrogen (secondary N) is 1. The van der Waals surface area contributed by atoms with Gasteiger partial charge in [-0.05, 0) is 43.4 Å². The minimum Gasteiger partial charge on any atom is -0.397 e. The molecule has 2 rings (SSSR count). The van der Waals surface area contributed by atoms with Gasteiger partial charge in [0.15, 0.2) is 0 Å². The Balaban J connectivity index is 1.95. The lowest BCUT2D eigenvalue weighted by Gasteiger charge is -2.09. The lowest BCUT2D eigenvalue weighted by molar-refractivity contribution is 0.693. The average Bonchev–Trinajstić information content (AvgIpc) is 2.90. The third-order valence-corrected chi connectivity index (χ3v) is 3.13. The van der Waals surface area contributed by atoms with Crippen LogP contribution in [0.1, 0.15) is 31.7 Å². The summed E-state index contributed by atoms with van der Waals surface area (Å²) in [6.45, 7) is 4.31. The first-order valence-electron chi connectivity index (χ1n) is 5.83. The summed E-state index contributed by atoms with van der Waals surface area (Å²) in [6.07, 6.45) is 3.93. The van der Waals surface area contributed by atoms with E-state index in [1.807, 2.05) is 6.07 Å². The first kappa shape index (κ1) is 10.3. The molecule has 1 aromatic carbocycles. The topological polar surface area (TPSA) is 38.0 Å². The molecular weight excluding hydrogens is 184 g/mol. The number of rotatable bonds is 4. The van der Waals surface area contributed by atoms with E-state index >= 15 is 0 Å². The quantitative estimate of drug-likeness (QED) is 0.739. The highest BCUT2D eigenvalue weighted by molar-refractivity contribution is 5.67. The van der Waals surface area contributed by atoms with Gasteiger partial charge in [0.2, 0.25) is 0 Å².